The van der Waals surface area contributed by atoms with Crippen LogP contribution in [0.15, 0.2) is 40.1 Å². The van der Waals surface area contributed by atoms with Gasteiger partial charge in [0.05, 0.1) is 6.61 Å². The third-order valence-electron chi connectivity index (χ3n) is 4.48. The number of benzene rings is 1. The zero-order valence-electron chi connectivity index (χ0n) is 16.4. The van der Waals surface area contributed by atoms with E-state index in [1.54, 1.807) is 26.0 Å². The first-order valence-electron chi connectivity index (χ1n) is 9.06. The van der Waals surface area contributed by atoms with Crippen LogP contribution in [0.3, 0.4) is 0 Å². The van der Waals surface area contributed by atoms with Gasteiger partial charge in [0.1, 0.15) is 23.5 Å². The molecule has 1 aromatic carbocycles. The topological polar surface area (TPSA) is 95.2 Å². The SMILES string of the molecule is CCOc1c(C)cnc2c1c(=O)n(CC(=O)NCc1ccc(F)cc1)c(=O)n2C. The van der Waals surface area contributed by atoms with E-state index in [1.165, 1.54) is 29.9 Å². The average molecular weight is 400 g/mol. The van der Waals surface area contributed by atoms with E-state index >= 15 is 0 Å². The number of aryl methyl sites for hydroxylation is 2. The number of hydrogen-bond acceptors (Lipinski definition) is 5. The smallest absolute Gasteiger partial charge is 0.332 e. The van der Waals surface area contributed by atoms with Crippen LogP contribution < -0.4 is 21.3 Å². The van der Waals surface area contributed by atoms with Gasteiger partial charge in [0.2, 0.25) is 5.91 Å². The number of amides is 1. The molecule has 0 unspecified atom stereocenters. The van der Waals surface area contributed by atoms with Gasteiger partial charge in [0.15, 0.2) is 5.65 Å². The van der Waals surface area contributed by atoms with Crippen LogP contribution in [0, 0.1) is 12.7 Å². The second-order valence-corrected chi connectivity index (χ2v) is 6.54. The van der Waals surface area contributed by atoms with Crippen molar-refractivity contribution in [1.29, 1.82) is 0 Å². The van der Waals surface area contributed by atoms with Crippen molar-refractivity contribution in [2.45, 2.75) is 26.9 Å². The Bertz CT molecular complexity index is 1180. The molecule has 152 valence electrons. The van der Waals surface area contributed by atoms with Crippen LogP contribution in [0.2, 0.25) is 0 Å². The first-order valence-corrected chi connectivity index (χ1v) is 9.06. The summed E-state index contributed by atoms with van der Waals surface area (Å²) in [6.45, 7) is 3.56. The molecule has 3 rings (SSSR count). The predicted molar refractivity (Wildman–Crippen MR) is 105 cm³/mol. The second kappa shape index (κ2) is 8.26. The van der Waals surface area contributed by atoms with Crippen molar-refractivity contribution in [3.8, 4) is 5.75 Å². The molecule has 29 heavy (non-hydrogen) atoms. The maximum Gasteiger partial charge on any atom is 0.332 e. The number of nitrogens with one attached hydrogen (secondary N) is 1. The van der Waals surface area contributed by atoms with Crippen LogP contribution >= 0.6 is 0 Å². The second-order valence-electron chi connectivity index (χ2n) is 6.54. The van der Waals surface area contributed by atoms with Gasteiger partial charge in [-0.05, 0) is 31.5 Å². The Morgan fingerprint density at radius 1 is 1.24 bits per heavy atom. The zero-order valence-corrected chi connectivity index (χ0v) is 16.4. The van der Waals surface area contributed by atoms with Gasteiger partial charge in [-0.15, -0.1) is 0 Å². The summed E-state index contributed by atoms with van der Waals surface area (Å²) in [5, 5.41) is 2.78. The third-order valence-corrected chi connectivity index (χ3v) is 4.48. The number of nitrogens with zero attached hydrogens (tertiary/aromatic N) is 3. The highest BCUT2D eigenvalue weighted by Gasteiger charge is 2.19. The van der Waals surface area contributed by atoms with Crippen molar-refractivity contribution in [1.82, 2.24) is 19.4 Å². The fraction of sp³-hybridized carbons (Fsp3) is 0.300. The number of aromatic nitrogens is 3. The number of carbonyl (C=O) groups is 1. The summed E-state index contributed by atoms with van der Waals surface area (Å²) in [6.07, 6.45) is 1.53. The Labute approximate surface area is 165 Å². The third kappa shape index (κ3) is 4.03. The maximum atomic E-state index is 13.0. The number of carbonyl (C=O) groups excluding carboxylic acids is 1. The minimum absolute atomic E-state index is 0.145. The van der Waals surface area contributed by atoms with Crippen molar-refractivity contribution >= 4 is 16.9 Å². The summed E-state index contributed by atoms with van der Waals surface area (Å²) in [5.41, 5.74) is 0.245. The van der Waals surface area contributed by atoms with Crippen molar-refractivity contribution in [2.24, 2.45) is 7.05 Å². The van der Waals surface area contributed by atoms with E-state index in [0.29, 0.717) is 23.5 Å². The normalized spacial score (nSPS) is 10.9. The van der Waals surface area contributed by atoms with E-state index in [2.05, 4.69) is 10.3 Å². The van der Waals surface area contributed by atoms with Crippen molar-refractivity contribution in [3.63, 3.8) is 0 Å². The molecule has 0 aliphatic carbocycles. The molecular formula is C20H21FN4O4. The van der Waals surface area contributed by atoms with Gasteiger partial charge in [-0.3, -0.25) is 14.2 Å². The average Bonchev–Trinajstić information content (AvgIpc) is 2.70. The van der Waals surface area contributed by atoms with Crippen LogP contribution in [-0.4, -0.2) is 26.6 Å². The van der Waals surface area contributed by atoms with E-state index in [1.807, 2.05) is 0 Å². The van der Waals surface area contributed by atoms with Crippen molar-refractivity contribution in [3.05, 3.63) is 68.2 Å². The van der Waals surface area contributed by atoms with E-state index < -0.39 is 23.7 Å². The summed E-state index contributed by atoms with van der Waals surface area (Å²) in [6, 6.07) is 5.66. The van der Waals surface area contributed by atoms with Gasteiger partial charge in [0, 0.05) is 25.4 Å². The summed E-state index contributed by atoms with van der Waals surface area (Å²) in [4.78, 5) is 42.2. The maximum absolute atomic E-state index is 13.0. The Morgan fingerprint density at radius 2 is 1.93 bits per heavy atom. The molecule has 0 fully saturated rings. The standard InChI is InChI=1S/C20H21FN4O4/c1-4-29-17-12(2)9-23-18-16(17)19(27)25(20(28)24(18)3)11-15(26)22-10-13-5-7-14(21)8-6-13/h5-9H,4,10-11H2,1-3H3,(H,22,26). The summed E-state index contributed by atoms with van der Waals surface area (Å²) in [7, 11) is 1.48. The fourth-order valence-electron chi connectivity index (χ4n) is 2.99. The molecule has 0 bridgehead atoms. The van der Waals surface area contributed by atoms with Crippen LogP contribution in [0.25, 0.3) is 11.0 Å². The first-order chi connectivity index (χ1) is 13.8. The molecule has 3 aromatic rings. The molecular weight excluding hydrogens is 379 g/mol. The van der Waals surface area contributed by atoms with E-state index in [9.17, 15) is 18.8 Å². The number of halogens is 1. The molecule has 0 aliphatic rings. The number of fused-ring (bicyclic) bond motifs is 1. The summed E-state index contributed by atoms with van der Waals surface area (Å²) in [5.74, 6) is -0.551. The lowest BCUT2D eigenvalue weighted by Gasteiger charge is -2.14. The molecule has 0 saturated heterocycles. The molecule has 8 nitrogen and oxygen atoms in total. The molecule has 2 aromatic heterocycles. The Morgan fingerprint density at radius 3 is 2.59 bits per heavy atom. The lowest BCUT2D eigenvalue weighted by Crippen LogP contribution is -2.43. The fourth-order valence-corrected chi connectivity index (χ4v) is 2.99. The monoisotopic (exact) mass is 400 g/mol. The van der Waals surface area contributed by atoms with Crippen LogP contribution in [0.4, 0.5) is 4.39 Å². The number of ether oxygens (including phenoxy) is 1. The van der Waals surface area contributed by atoms with Gasteiger partial charge in [0.25, 0.3) is 5.56 Å². The molecule has 0 aliphatic heterocycles. The molecule has 0 radical (unpaired) electrons. The van der Waals surface area contributed by atoms with Crippen LogP contribution in [0.1, 0.15) is 18.1 Å². The number of rotatable bonds is 6. The predicted octanol–water partition coefficient (Wildman–Crippen LogP) is 1.26. The van der Waals surface area contributed by atoms with Gasteiger partial charge >= 0.3 is 5.69 Å². The highest BCUT2D eigenvalue weighted by Crippen LogP contribution is 2.24. The molecule has 0 atom stereocenters. The summed E-state index contributed by atoms with van der Waals surface area (Å²) < 4.78 is 20.6. The van der Waals surface area contributed by atoms with Gasteiger partial charge in [-0.2, -0.15) is 0 Å². The van der Waals surface area contributed by atoms with Gasteiger partial charge in [-0.1, -0.05) is 12.1 Å². The number of hydrogen-bond donors (Lipinski definition) is 1. The Kier molecular flexibility index (Phi) is 5.76. The zero-order chi connectivity index (χ0) is 21.1. The van der Waals surface area contributed by atoms with Gasteiger partial charge < -0.3 is 10.1 Å². The first kappa shape index (κ1) is 20.2. The lowest BCUT2D eigenvalue weighted by atomic mass is 10.2. The molecule has 1 N–H and O–H groups in total. The van der Waals surface area contributed by atoms with E-state index in [4.69, 9.17) is 4.74 Å². The Hall–Kier alpha value is -3.49. The summed E-state index contributed by atoms with van der Waals surface area (Å²) >= 11 is 0. The van der Waals surface area contributed by atoms with E-state index in [-0.39, 0.29) is 23.4 Å². The molecule has 1 amide bonds. The van der Waals surface area contributed by atoms with Gasteiger partial charge in [-0.25, -0.2) is 18.7 Å². The van der Waals surface area contributed by atoms with Crippen molar-refractivity contribution < 1.29 is 13.9 Å². The van der Waals surface area contributed by atoms with E-state index in [0.717, 1.165) is 4.57 Å². The van der Waals surface area contributed by atoms with Crippen LogP contribution in [-0.2, 0) is 24.9 Å². The molecule has 0 saturated carbocycles. The molecule has 0 spiro atoms. The Balaban J connectivity index is 1.95. The van der Waals surface area contributed by atoms with Crippen LogP contribution in [0.5, 0.6) is 5.75 Å². The highest BCUT2D eigenvalue weighted by molar-refractivity contribution is 5.83. The minimum atomic E-state index is -0.654. The van der Waals surface area contributed by atoms with Crippen molar-refractivity contribution in [2.75, 3.05) is 6.61 Å². The minimum Gasteiger partial charge on any atom is -0.493 e. The molecule has 2 heterocycles. The quantitative estimate of drug-likeness (QED) is 0.672. The largest absolute Gasteiger partial charge is 0.493 e. The number of pyridine rings is 1. The molecule has 9 heteroatoms. The highest BCUT2D eigenvalue weighted by atomic mass is 19.1. The lowest BCUT2D eigenvalue weighted by molar-refractivity contribution is -0.121.